The molecular formula is C14H21NO2. The second-order valence-corrected chi connectivity index (χ2v) is 4.07. The molecule has 0 fully saturated rings. The molecule has 1 aromatic carbocycles. The van der Waals surface area contributed by atoms with E-state index in [1.165, 1.54) is 7.11 Å². The Hall–Kier alpha value is -1.35. The fourth-order valence-corrected chi connectivity index (χ4v) is 1.68. The van der Waals surface area contributed by atoms with Crippen LogP contribution in [0, 0.1) is 0 Å². The van der Waals surface area contributed by atoms with Gasteiger partial charge in [0.15, 0.2) is 0 Å². The highest BCUT2D eigenvalue weighted by molar-refractivity contribution is 5.76. The topological polar surface area (TPSA) is 38.3 Å². The molecule has 0 aliphatic rings. The van der Waals surface area contributed by atoms with Crippen molar-refractivity contribution in [3.63, 3.8) is 0 Å². The minimum atomic E-state index is -0.242. The third-order valence-electron chi connectivity index (χ3n) is 2.69. The first-order chi connectivity index (χ1) is 8.27. The molecule has 0 saturated heterocycles. The van der Waals surface area contributed by atoms with Gasteiger partial charge in [-0.1, -0.05) is 43.7 Å². The number of nitrogens with one attached hydrogen (secondary N) is 1. The van der Waals surface area contributed by atoms with Crippen LogP contribution in [0.25, 0.3) is 0 Å². The molecular weight excluding hydrogens is 214 g/mol. The summed E-state index contributed by atoms with van der Waals surface area (Å²) in [4.78, 5) is 11.6. The number of benzene rings is 1. The van der Waals surface area contributed by atoms with Gasteiger partial charge in [-0.15, -0.1) is 0 Å². The van der Waals surface area contributed by atoms with Crippen LogP contribution in [0.5, 0.6) is 0 Å². The first-order valence-corrected chi connectivity index (χ1v) is 6.13. The molecule has 0 aliphatic heterocycles. The van der Waals surface area contributed by atoms with Gasteiger partial charge in [0.2, 0.25) is 0 Å². The molecule has 0 aliphatic carbocycles. The predicted molar refractivity (Wildman–Crippen MR) is 68.9 cm³/mol. The lowest BCUT2D eigenvalue weighted by molar-refractivity contribution is -0.143. The van der Waals surface area contributed by atoms with Crippen LogP contribution in [0.2, 0.25) is 0 Å². The van der Waals surface area contributed by atoms with Crippen molar-refractivity contribution >= 4 is 5.97 Å². The van der Waals surface area contributed by atoms with Crippen LogP contribution in [-0.2, 0) is 16.0 Å². The van der Waals surface area contributed by atoms with Crippen LogP contribution in [0.3, 0.4) is 0 Å². The highest BCUT2D eigenvalue weighted by atomic mass is 16.5. The fraction of sp³-hybridized carbons (Fsp3) is 0.500. The van der Waals surface area contributed by atoms with E-state index in [0.29, 0.717) is 6.42 Å². The van der Waals surface area contributed by atoms with Crippen LogP contribution in [0.4, 0.5) is 0 Å². The van der Waals surface area contributed by atoms with Crippen LogP contribution in [0.1, 0.15) is 25.3 Å². The second-order valence-electron chi connectivity index (χ2n) is 4.07. The van der Waals surface area contributed by atoms with Gasteiger partial charge in [-0.25, -0.2) is 0 Å². The van der Waals surface area contributed by atoms with Gasteiger partial charge in [0.25, 0.3) is 0 Å². The Bertz CT molecular complexity index is 324. The number of esters is 1. The van der Waals surface area contributed by atoms with E-state index >= 15 is 0 Å². The minimum absolute atomic E-state index is 0.190. The van der Waals surface area contributed by atoms with Crippen molar-refractivity contribution in [2.75, 3.05) is 13.7 Å². The zero-order chi connectivity index (χ0) is 12.5. The highest BCUT2D eigenvalue weighted by Gasteiger charge is 2.18. The summed E-state index contributed by atoms with van der Waals surface area (Å²) >= 11 is 0. The van der Waals surface area contributed by atoms with E-state index in [9.17, 15) is 4.79 Å². The maximum Gasteiger partial charge on any atom is 0.323 e. The van der Waals surface area contributed by atoms with Crippen molar-refractivity contribution in [3.05, 3.63) is 35.9 Å². The maximum atomic E-state index is 11.6. The number of hydrogen-bond acceptors (Lipinski definition) is 3. The fourth-order valence-electron chi connectivity index (χ4n) is 1.68. The highest BCUT2D eigenvalue weighted by Crippen LogP contribution is 2.04. The van der Waals surface area contributed by atoms with Crippen molar-refractivity contribution in [3.8, 4) is 0 Å². The molecule has 0 spiro atoms. The second kappa shape index (κ2) is 7.85. The lowest BCUT2D eigenvalue weighted by atomic mass is 10.1. The van der Waals surface area contributed by atoms with Crippen molar-refractivity contribution in [2.24, 2.45) is 0 Å². The van der Waals surface area contributed by atoms with E-state index in [1.54, 1.807) is 0 Å². The number of ether oxygens (including phenoxy) is 1. The number of methoxy groups -OCH3 is 1. The summed E-state index contributed by atoms with van der Waals surface area (Å²) in [5.74, 6) is -0.190. The van der Waals surface area contributed by atoms with Crippen molar-refractivity contribution in [1.29, 1.82) is 0 Å². The van der Waals surface area contributed by atoms with Gasteiger partial charge in [0, 0.05) is 0 Å². The average molecular weight is 235 g/mol. The normalized spacial score (nSPS) is 12.1. The molecule has 17 heavy (non-hydrogen) atoms. The largest absolute Gasteiger partial charge is 0.468 e. The van der Waals surface area contributed by atoms with Crippen LogP contribution in [-0.4, -0.2) is 25.7 Å². The SMILES string of the molecule is CCCCNC(Cc1ccccc1)C(=O)OC. The molecule has 0 heterocycles. The Kier molecular flexibility index (Phi) is 6.33. The number of hydrogen-bond donors (Lipinski definition) is 1. The first-order valence-electron chi connectivity index (χ1n) is 6.13. The Balaban J connectivity index is 2.54. The van der Waals surface area contributed by atoms with Crippen LogP contribution in [0.15, 0.2) is 30.3 Å². The van der Waals surface area contributed by atoms with E-state index < -0.39 is 0 Å². The molecule has 1 rings (SSSR count). The van der Waals surface area contributed by atoms with E-state index in [4.69, 9.17) is 4.74 Å². The standard InChI is InChI=1S/C14H21NO2/c1-3-4-10-15-13(14(16)17-2)11-12-8-6-5-7-9-12/h5-9,13,15H,3-4,10-11H2,1-2H3. The zero-order valence-corrected chi connectivity index (χ0v) is 10.6. The summed E-state index contributed by atoms with van der Waals surface area (Å²) in [6.07, 6.45) is 2.87. The number of carbonyl (C=O) groups is 1. The smallest absolute Gasteiger partial charge is 0.323 e. The van der Waals surface area contributed by atoms with Gasteiger partial charge >= 0.3 is 5.97 Å². The van der Waals surface area contributed by atoms with Crippen molar-refractivity contribution in [2.45, 2.75) is 32.2 Å². The quantitative estimate of drug-likeness (QED) is 0.581. The molecule has 0 amide bonds. The molecule has 1 unspecified atom stereocenters. The molecule has 1 aromatic rings. The molecule has 3 heteroatoms. The predicted octanol–water partition coefficient (Wildman–Crippen LogP) is 2.16. The Labute approximate surface area is 103 Å². The molecule has 0 saturated carbocycles. The summed E-state index contributed by atoms with van der Waals surface area (Å²) in [7, 11) is 1.43. The summed E-state index contributed by atoms with van der Waals surface area (Å²) < 4.78 is 4.81. The Morgan fingerprint density at radius 3 is 2.65 bits per heavy atom. The van der Waals surface area contributed by atoms with Crippen LogP contribution < -0.4 is 5.32 Å². The molecule has 0 bridgehead atoms. The van der Waals surface area contributed by atoms with Gasteiger partial charge in [0.05, 0.1) is 7.11 Å². The zero-order valence-electron chi connectivity index (χ0n) is 10.6. The number of carbonyl (C=O) groups excluding carboxylic acids is 1. The van der Waals surface area contributed by atoms with Gasteiger partial charge in [-0.05, 0) is 24.9 Å². The van der Waals surface area contributed by atoms with Gasteiger partial charge in [-0.2, -0.15) is 0 Å². The van der Waals surface area contributed by atoms with Crippen molar-refractivity contribution < 1.29 is 9.53 Å². The molecule has 1 N–H and O–H groups in total. The van der Waals surface area contributed by atoms with E-state index in [2.05, 4.69) is 12.2 Å². The van der Waals surface area contributed by atoms with Gasteiger partial charge in [-0.3, -0.25) is 4.79 Å². The third kappa shape index (κ3) is 5.00. The lowest BCUT2D eigenvalue weighted by Crippen LogP contribution is -2.39. The summed E-state index contributed by atoms with van der Waals surface area (Å²) in [5.41, 5.74) is 1.15. The Morgan fingerprint density at radius 1 is 1.35 bits per heavy atom. The molecule has 3 nitrogen and oxygen atoms in total. The summed E-state index contributed by atoms with van der Waals surface area (Å²) in [6.45, 7) is 2.98. The maximum absolute atomic E-state index is 11.6. The molecule has 94 valence electrons. The Morgan fingerprint density at radius 2 is 2.06 bits per heavy atom. The lowest BCUT2D eigenvalue weighted by Gasteiger charge is -2.16. The minimum Gasteiger partial charge on any atom is -0.468 e. The molecule has 0 aromatic heterocycles. The van der Waals surface area contributed by atoms with Gasteiger partial charge in [0.1, 0.15) is 6.04 Å². The summed E-state index contributed by atoms with van der Waals surface area (Å²) in [5, 5.41) is 3.25. The third-order valence-corrected chi connectivity index (χ3v) is 2.69. The van der Waals surface area contributed by atoms with E-state index in [-0.39, 0.29) is 12.0 Å². The van der Waals surface area contributed by atoms with Gasteiger partial charge < -0.3 is 10.1 Å². The average Bonchev–Trinajstić information content (AvgIpc) is 2.38. The molecule has 0 radical (unpaired) electrons. The van der Waals surface area contributed by atoms with Crippen LogP contribution >= 0.6 is 0 Å². The number of rotatable bonds is 7. The van der Waals surface area contributed by atoms with E-state index in [0.717, 1.165) is 24.9 Å². The summed E-state index contributed by atoms with van der Waals surface area (Å²) in [6, 6.07) is 9.75. The van der Waals surface area contributed by atoms with E-state index in [1.807, 2.05) is 30.3 Å². The first kappa shape index (κ1) is 13.7. The molecule has 1 atom stereocenters. The van der Waals surface area contributed by atoms with Crippen molar-refractivity contribution in [1.82, 2.24) is 5.32 Å². The number of unbranched alkanes of at least 4 members (excludes halogenated alkanes) is 1. The monoisotopic (exact) mass is 235 g/mol.